The largest absolute Gasteiger partial charge is 0.307 e. The number of Topliss-reactive ketones (excluding diaryl/α,β-unsaturated/α-hetero) is 1. The van der Waals surface area contributed by atoms with E-state index in [2.05, 4.69) is 6.92 Å². The number of hydrogen-bond donors (Lipinski definition) is 2. The summed E-state index contributed by atoms with van der Waals surface area (Å²) in [6.45, 7) is 7.99. The van der Waals surface area contributed by atoms with Crippen LogP contribution in [0.3, 0.4) is 0 Å². The molecule has 0 amide bonds. The fourth-order valence-electron chi connectivity index (χ4n) is 2.22. The second-order valence-corrected chi connectivity index (χ2v) is 7.12. The Morgan fingerprint density at radius 1 is 0.800 bits per heavy atom. The molecule has 0 aromatic carbocycles. The Balaban J connectivity index is 3.63. The molecule has 0 bridgehead atoms. The van der Waals surface area contributed by atoms with E-state index in [1.54, 1.807) is 0 Å². The first kappa shape index (κ1) is 19.6. The van der Waals surface area contributed by atoms with Crippen LogP contribution in [0, 0.1) is 5.41 Å². The average molecular weight is 284 g/mol. The number of rotatable bonds is 11. The topological polar surface area (TPSA) is 69.1 Å². The number of ketones is 1. The van der Waals surface area contributed by atoms with Gasteiger partial charge in [0.2, 0.25) is 0 Å². The lowest BCUT2D eigenvalue weighted by Crippen LogP contribution is -2.64. The highest BCUT2D eigenvalue weighted by Crippen LogP contribution is 2.26. The Morgan fingerprint density at radius 2 is 1.20 bits per heavy atom. The highest BCUT2D eigenvalue weighted by molar-refractivity contribution is 5.88. The quantitative estimate of drug-likeness (QED) is 0.442. The van der Waals surface area contributed by atoms with Crippen molar-refractivity contribution in [2.75, 3.05) is 0 Å². The molecule has 0 unspecified atom stereocenters. The molecule has 20 heavy (non-hydrogen) atoms. The van der Waals surface area contributed by atoms with E-state index in [4.69, 9.17) is 11.5 Å². The first-order chi connectivity index (χ1) is 9.23. The van der Waals surface area contributed by atoms with Crippen molar-refractivity contribution in [2.24, 2.45) is 16.9 Å². The lowest BCUT2D eigenvalue weighted by Gasteiger charge is -2.36. The van der Waals surface area contributed by atoms with Crippen molar-refractivity contribution in [2.45, 2.75) is 97.6 Å². The maximum Gasteiger partial charge on any atom is 0.167 e. The summed E-state index contributed by atoms with van der Waals surface area (Å²) in [6.07, 6.45) is 11.7. The van der Waals surface area contributed by atoms with Crippen LogP contribution in [0.2, 0.25) is 0 Å². The van der Waals surface area contributed by atoms with Gasteiger partial charge >= 0.3 is 0 Å². The summed E-state index contributed by atoms with van der Waals surface area (Å²) in [5.74, 6) is -0.00653. The Morgan fingerprint density at radius 3 is 1.60 bits per heavy atom. The van der Waals surface area contributed by atoms with Gasteiger partial charge in [-0.3, -0.25) is 4.79 Å². The molecule has 0 saturated carbocycles. The maximum absolute atomic E-state index is 12.1. The zero-order valence-electron chi connectivity index (χ0n) is 14.1. The molecular weight excluding hydrogens is 248 g/mol. The molecule has 0 spiro atoms. The molecule has 3 nitrogen and oxygen atoms in total. The summed E-state index contributed by atoms with van der Waals surface area (Å²) < 4.78 is 0. The Bertz CT molecular complexity index is 267. The molecule has 0 aliphatic heterocycles. The smallest absolute Gasteiger partial charge is 0.167 e. The van der Waals surface area contributed by atoms with Crippen LogP contribution in [0.15, 0.2) is 0 Å². The molecule has 0 heterocycles. The summed E-state index contributed by atoms with van der Waals surface area (Å²) >= 11 is 0. The van der Waals surface area contributed by atoms with Gasteiger partial charge in [0.25, 0.3) is 0 Å². The molecule has 0 aliphatic rings. The van der Waals surface area contributed by atoms with Crippen molar-refractivity contribution in [1.29, 1.82) is 0 Å². The molecule has 0 fully saturated rings. The van der Waals surface area contributed by atoms with Crippen LogP contribution in [-0.4, -0.2) is 11.4 Å². The molecule has 0 aliphatic carbocycles. The minimum absolute atomic E-state index is 0.00653. The number of carbonyl (C=O) groups is 1. The summed E-state index contributed by atoms with van der Waals surface area (Å²) in [5.41, 5.74) is 10.4. The third kappa shape index (κ3) is 7.39. The van der Waals surface area contributed by atoms with Gasteiger partial charge in [-0.05, 0) is 6.42 Å². The van der Waals surface area contributed by atoms with Crippen molar-refractivity contribution in [1.82, 2.24) is 0 Å². The minimum Gasteiger partial charge on any atom is -0.307 e. The minimum atomic E-state index is -1.20. The summed E-state index contributed by atoms with van der Waals surface area (Å²) in [4.78, 5) is 12.1. The third-order valence-corrected chi connectivity index (χ3v) is 4.21. The highest BCUT2D eigenvalue weighted by Gasteiger charge is 2.40. The van der Waals surface area contributed by atoms with E-state index in [0.717, 1.165) is 12.8 Å². The summed E-state index contributed by atoms with van der Waals surface area (Å²) in [7, 11) is 0. The maximum atomic E-state index is 12.1. The van der Waals surface area contributed by atoms with Crippen molar-refractivity contribution < 1.29 is 4.79 Å². The average Bonchev–Trinajstić information content (AvgIpc) is 2.35. The monoisotopic (exact) mass is 284 g/mol. The molecule has 0 saturated heterocycles. The molecule has 0 radical (unpaired) electrons. The van der Waals surface area contributed by atoms with Crippen LogP contribution in [0.1, 0.15) is 91.9 Å². The van der Waals surface area contributed by atoms with E-state index < -0.39 is 5.66 Å². The fourth-order valence-corrected chi connectivity index (χ4v) is 2.22. The van der Waals surface area contributed by atoms with Gasteiger partial charge in [0.1, 0.15) is 5.66 Å². The fraction of sp³-hybridized carbons (Fsp3) is 0.941. The van der Waals surface area contributed by atoms with E-state index in [1.807, 2.05) is 20.8 Å². The highest BCUT2D eigenvalue weighted by atomic mass is 16.1. The Kier molecular flexibility index (Phi) is 9.32. The Hall–Kier alpha value is -0.410. The van der Waals surface area contributed by atoms with Crippen molar-refractivity contribution in [3.8, 4) is 0 Å². The molecule has 0 rings (SSSR count). The van der Waals surface area contributed by atoms with Crippen molar-refractivity contribution >= 4 is 5.78 Å². The lowest BCUT2D eigenvalue weighted by atomic mass is 9.78. The van der Waals surface area contributed by atoms with Crippen LogP contribution < -0.4 is 11.5 Å². The first-order valence-corrected chi connectivity index (χ1v) is 8.34. The number of carbonyl (C=O) groups excluding carboxylic acids is 1. The summed E-state index contributed by atoms with van der Waals surface area (Å²) in [6, 6.07) is 0. The molecule has 120 valence electrons. The van der Waals surface area contributed by atoms with E-state index >= 15 is 0 Å². The normalized spacial score (nSPS) is 12.7. The zero-order valence-corrected chi connectivity index (χ0v) is 14.1. The molecule has 0 aromatic heterocycles. The number of nitrogens with two attached hydrogens (primary N) is 2. The van der Waals surface area contributed by atoms with Gasteiger partial charge in [0.05, 0.1) is 0 Å². The van der Waals surface area contributed by atoms with E-state index in [1.165, 1.54) is 44.9 Å². The van der Waals surface area contributed by atoms with E-state index in [9.17, 15) is 4.79 Å². The van der Waals surface area contributed by atoms with Gasteiger partial charge in [0, 0.05) is 11.8 Å². The number of unbranched alkanes of at least 4 members (excludes halogenated alkanes) is 8. The molecule has 4 N–H and O–H groups in total. The van der Waals surface area contributed by atoms with Gasteiger partial charge in [0.15, 0.2) is 5.78 Å². The number of hydrogen-bond acceptors (Lipinski definition) is 3. The van der Waals surface area contributed by atoms with Gasteiger partial charge in [-0.1, -0.05) is 79.1 Å². The Labute approximate surface area is 125 Å². The van der Waals surface area contributed by atoms with E-state index in [0.29, 0.717) is 6.42 Å². The van der Waals surface area contributed by atoms with Crippen LogP contribution in [0.25, 0.3) is 0 Å². The summed E-state index contributed by atoms with van der Waals surface area (Å²) in [5, 5.41) is 0. The van der Waals surface area contributed by atoms with Gasteiger partial charge in [-0.2, -0.15) is 0 Å². The van der Waals surface area contributed by atoms with Crippen molar-refractivity contribution in [3.63, 3.8) is 0 Å². The predicted molar refractivity (Wildman–Crippen MR) is 87.4 cm³/mol. The van der Waals surface area contributed by atoms with E-state index in [-0.39, 0.29) is 11.2 Å². The second-order valence-electron chi connectivity index (χ2n) is 7.12. The molecule has 3 heteroatoms. The molecule has 0 aromatic rings. The van der Waals surface area contributed by atoms with Crippen LogP contribution in [0.5, 0.6) is 0 Å². The predicted octanol–water partition coefficient (Wildman–Crippen LogP) is 4.14. The lowest BCUT2D eigenvalue weighted by molar-refractivity contribution is -0.127. The van der Waals surface area contributed by atoms with Gasteiger partial charge in [-0.15, -0.1) is 0 Å². The SMILES string of the molecule is CCCCCCCCCCCC(=O)C(N)(N)C(C)(C)C. The molecular formula is C17H36N2O. The molecule has 0 atom stereocenters. The van der Waals surface area contributed by atoms with Gasteiger partial charge < -0.3 is 11.5 Å². The second kappa shape index (κ2) is 9.51. The zero-order chi connectivity index (χ0) is 15.6. The first-order valence-electron chi connectivity index (χ1n) is 8.34. The third-order valence-electron chi connectivity index (χ3n) is 4.21. The van der Waals surface area contributed by atoms with Crippen LogP contribution in [-0.2, 0) is 4.79 Å². The standard InChI is InChI=1S/C17H36N2O/c1-5-6-7-8-9-10-11-12-13-14-15(20)17(18,19)16(2,3)4/h5-14,18-19H2,1-4H3. The van der Waals surface area contributed by atoms with Crippen LogP contribution >= 0.6 is 0 Å². The van der Waals surface area contributed by atoms with Crippen molar-refractivity contribution in [3.05, 3.63) is 0 Å². The van der Waals surface area contributed by atoms with Crippen LogP contribution in [0.4, 0.5) is 0 Å². The van der Waals surface area contributed by atoms with Gasteiger partial charge in [-0.25, -0.2) is 0 Å².